The number of rotatable bonds is 6. The van der Waals surface area contributed by atoms with Crippen LogP contribution in [0.25, 0.3) is 0 Å². The summed E-state index contributed by atoms with van der Waals surface area (Å²) in [6.45, 7) is 1.47. The van der Waals surface area contributed by atoms with E-state index in [1.165, 1.54) is 0 Å². The van der Waals surface area contributed by atoms with Gasteiger partial charge in [0.05, 0.1) is 6.42 Å². The van der Waals surface area contributed by atoms with Crippen LogP contribution in [-0.4, -0.2) is 30.6 Å². The minimum Gasteiger partial charge on any atom is -0.456 e. The number of ether oxygens (including phenoxy) is 1. The molecule has 0 aliphatic heterocycles. The SMILES string of the molecule is C[C@H](CC(=O)OCC(=O)NC(=O)NC1CC1)c1ccccc1. The molecule has 1 aromatic carbocycles. The van der Waals surface area contributed by atoms with Gasteiger partial charge in [-0.25, -0.2) is 4.79 Å². The summed E-state index contributed by atoms with van der Waals surface area (Å²) < 4.78 is 4.89. The molecule has 2 N–H and O–H groups in total. The van der Waals surface area contributed by atoms with E-state index in [4.69, 9.17) is 4.74 Å². The van der Waals surface area contributed by atoms with Crippen LogP contribution in [0.5, 0.6) is 0 Å². The number of hydrogen-bond donors (Lipinski definition) is 2. The lowest BCUT2D eigenvalue weighted by molar-refractivity contribution is -0.148. The highest BCUT2D eigenvalue weighted by atomic mass is 16.5. The lowest BCUT2D eigenvalue weighted by Gasteiger charge is -2.11. The van der Waals surface area contributed by atoms with E-state index in [-0.39, 0.29) is 18.4 Å². The zero-order chi connectivity index (χ0) is 15.9. The van der Waals surface area contributed by atoms with Crippen molar-refractivity contribution < 1.29 is 19.1 Å². The molecule has 0 saturated heterocycles. The van der Waals surface area contributed by atoms with Gasteiger partial charge >= 0.3 is 12.0 Å². The first-order chi connectivity index (χ1) is 10.5. The van der Waals surface area contributed by atoms with Crippen LogP contribution in [0.2, 0.25) is 0 Å². The largest absolute Gasteiger partial charge is 0.456 e. The second kappa shape index (κ2) is 7.59. The van der Waals surface area contributed by atoms with Crippen LogP contribution in [0, 0.1) is 0 Å². The van der Waals surface area contributed by atoms with Gasteiger partial charge in [0.2, 0.25) is 0 Å². The zero-order valence-corrected chi connectivity index (χ0v) is 12.5. The molecule has 1 aromatic rings. The molecule has 0 unspecified atom stereocenters. The Labute approximate surface area is 129 Å². The first-order valence-corrected chi connectivity index (χ1v) is 7.35. The van der Waals surface area contributed by atoms with Crippen molar-refractivity contribution in [2.24, 2.45) is 0 Å². The van der Waals surface area contributed by atoms with Crippen LogP contribution in [-0.2, 0) is 14.3 Å². The minimum atomic E-state index is -0.626. The Bertz CT molecular complexity index is 540. The Morgan fingerprint density at radius 3 is 2.55 bits per heavy atom. The molecule has 1 aliphatic carbocycles. The third-order valence-electron chi connectivity index (χ3n) is 3.37. The van der Waals surface area contributed by atoms with Crippen molar-refractivity contribution in [2.45, 2.75) is 38.1 Å². The molecule has 0 radical (unpaired) electrons. The fourth-order valence-corrected chi connectivity index (χ4v) is 1.97. The molecular weight excluding hydrogens is 284 g/mol. The van der Waals surface area contributed by atoms with Crippen molar-refractivity contribution in [1.82, 2.24) is 10.6 Å². The maximum Gasteiger partial charge on any atom is 0.321 e. The third-order valence-corrected chi connectivity index (χ3v) is 3.37. The summed E-state index contributed by atoms with van der Waals surface area (Å²) >= 11 is 0. The first-order valence-electron chi connectivity index (χ1n) is 7.35. The number of amides is 3. The fraction of sp³-hybridized carbons (Fsp3) is 0.438. The van der Waals surface area contributed by atoms with Crippen LogP contribution in [0.15, 0.2) is 30.3 Å². The Morgan fingerprint density at radius 2 is 1.91 bits per heavy atom. The molecule has 118 valence electrons. The summed E-state index contributed by atoms with van der Waals surface area (Å²) in [5, 5.41) is 4.74. The third kappa shape index (κ3) is 5.55. The fourth-order valence-electron chi connectivity index (χ4n) is 1.97. The summed E-state index contributed by atoms with van der Waals surface area (Å²) in [5.41, 5.74) is 1.03. The summed E-state index contributed by atoms with van der Waals surface area (Å²) in [6.07, 6.45) is 2.06. The van der Waals surface area contributed by atoms with Crippen molar-refractivity contribution in [1.29, 1.82) is 0 Å². The van der Waals surface area contributed by atoms with Crippen LogP contribution >= 0.6 is 0 Å². The quantitative estimate of drug-likeness (QED) is 0.784. The molecule has 6 heteroatoms. The Hall–Kier alpha value is -2.37. The van der Waals surface area contributed by atoms with Gasteiger partial charge in [-0.1, -0.05) is 37.3 Å². The van der Waals surface area contributed by atoms with Gasteiger partial charge in [0, 0.05) is 6.04 Å². The molecule has 2 rings (SSSR count). The summed E-state index contributed by atoms with van der Waals surface area (Å²) in [5.74, 6) is -1.08. The Balaban J connectivity index is 1.66. The average molecular weight is 304 g/mol. The number of carbonyl (C=O) groups is 3. The molecule has 1 fully saturated rings. The van der Waals surface area contributed by atoms with Crippen molar-refractivity contribution in [3.05, 3.63) is 35.9 Å². The van der Waals surface area contributed by atoms with E-state index in [0.717, 1.165) is 18.4 Å². The molecule has 1 saturated carbocycles. The van der Waals surface area contributed by atoms with Crippen LogP contribution < -0.4 is 10.6 Å². The van der Waals surface area contributed by atoms with Crippen molar-refractivity contribution in [3.63, 3.8) is 0 Å². The molecule has 3 amide bonds. The highest BCUT2D eigenvalue weighted by Gasteiger charge is 2.24. The van der Waals surface area contributed by atoms with Gasteiger partial charge in [-0.2, -0.15) is 0 Å². The van der Waals surface area contributed by atoms with Crippen molar-refractivity contribution in [2.75, 3.05) is 6.61 Å². The van der Waals surface area contributed by atoms with Gasteiger partial charge in [0.15, 0.2) is 6.61 Å². The maximum absolute atomic E-state index is 11.7. The standard InChI is InChI=1S/C16H20N2O4/c1-11(12-5-3-2-4-6-12)9-15(20)22-10-14(19)18-16(21)17-13-7-8-13/h2-6,11,13H,7-10H2,1H3,(H2,17,18,19,21)/t11-/m1/s1. The number of benzene rings is 1. The first kappa shape index (κ1) is 16.0. The monoisotopic (exact) mass is 304 g/mol. The zero-order valence-electron chi connectivity index (χ0n) is 12.5. The second-order valence-electron chi connectivity index (χ2n) is 5.47. The predicted molar refractivity (Wildman–Crippen MR) is 80.1 cm³/mol. The van der Waals surface area contributed by atoms with Crippen molar-refractivity contribution >= 4 is 17.9 Å². The van der Waals surface area contributed by atoms with Gasteiger partial charge in [-0.15, -0.1) is 0 Å². The van der Waals surface area contributed by atoms with E-state index < -0.39 is 24.5 Å². The van der Waals surface area contributed by atoms with E-state index in [1.807, 2.05) is 37.3 Å². The number of nitrogens with one attached hydrogen (secondary N) is 2. The van der Waals surface area contributed by atoms with Gasteiger partial charge in [0.25, 0.3) is 5.91 Å². The molecule has 0 aromatic heterocycles. The number of urea groups is 1. The van der Waals surface area contributed by atoms with E-state index in [1.54, 1.807) is 0 Å². The lowest BCUT2D eigenvalue weighted by Crippen LogP contribution is -2.42. The summed E-state index contributed by atoms with van der Waals surface area (Å²) in [4.78, 5) is 34.5. The van der Waals surface area contributed by atoms with E-state index in [9.17, 15) is 14.4 Å². The Kier molecular flexibility index (Phi) is 5.52. The number of imide groups is 1. The highest BCUT2D eigenvalue weighted by Crippen LogP contribution is 2.19. The van der Waals surface area contributed by atoms with E-state index in [0.29, 0.717) is 0 Å². The van der Waals surface area contributed by atoms with Gasteiger partial charge in [-0.05, 0) is 24.3 Å². The predicted octanol–water partition coefficient (Wildman–Crippen LogP) is 1.71. The van der Waals surface area contributed by atoms with Gasteiger partial charge < -0.3 is 10.1 Å². The molecule has 0 heterocycles. The Morgan fingerprint density at radius 1 is 1.23 bits per heavy atom. The molecule has 22 heavy (non-hydrogen) atoms. The smallest absolute Gasteiger partial charge is 0.321 e. The van der Waals surface area contributed by atoms with Crippen LogP contribution in [0.4, 0.5) is 4.79 Å². The number of esters is 1. The van der Waals surface area contributed by atoms with E-state index in [2.05, 4.69) is 10.6 Å². The van der Waals surface area contributed by atoms with Crippen LogP contribution in [0.1, 0.15) is 37.7 Å². The molecule has 1 aliphatic rings. The van der Waals surface area contributed by atoms with Crippen LogP contribution in [0.3, 0.4) is 0 Å². The molecule has 0 bridgehead atoms. The van der Waals surface area contributed by atoms with Gasteiger partial charge in [0.1, 0.15) is 0 Å². The second-order valence-corrected chi connectivity index (χ2v) is 5.47. The highest BCUT2D eigenvalue weighted by molar-refractivity contribution is 5.95. The van der Waals surface area contributed by atoms with Gasteiger partial charge in [-0.3, -0.25) is 14.9 Å². The number of hydrogen-bond acceptors (Lipinski definition) is 4. The topological polar surface area (TPSA) is 84.5 Å². The molecule has 1 atom stereocenters. The lowest BCUT2D eigenvalue weighted by atomic mass is 9.98. The van der Waals surface area contributed by atoms with E-state index >= 15 is 0 Å². The summed E-state index contributed by atoms with van der Waals surface area (Å²) in [7, 11) is 0. The minimum absolute atomic E-state index is 0.00919. The molecule has 0 spiro atoms. The average Bonchev–Trinajstić information content (AvgIpc) is 3.29. The molecular formula is C16H20N2O4. The van der Waals surface area contributed by atoms with Crippen molar-refractivity contribution in [3.8, 4) is 0 Å². The maximum atomic E-state index is 11.7. The molecule has 6 nitrogen and oxygen atoms in total. The number of carbonyl (C=O) groups excluding carboxylic acids is 3. The summed E-state index contributed by atoms with van der Waals surface area (Å²) in [6, 6.07) is 9.22. The normalized spacial score (nSPS) is 14.8.